The number of hydrogen-bond donors (Lipinski definition) is 3. The van der Waals surface area contributed by atoms with Gasteiger partial charge < -0.3 is 25.6 Å². The Balaban J connectivity index is 1.55. The van der Waals surface area contributed by atoms with Crippen molar-refractivity contribution in [2.45, 2.75) is 44.6 Å². The van der Waals surface area contributed by atoms with E-state index < -0.39 is 29.4 Å². The molecule has 2 aromatic carbocycles. The zero-order valence-corrected chi connectivity index (χ0v) is 17.8. The van der Waals surface area contributed by atoms with Crippen LogP contribution < -0.4 is 20.7 Å². The standard InChI is InChI=1S/C22H23F3N4O3/c1-21(2)10-17(14-5-4-6-15(18(14)32-21)22(23,24)25)27-19(30)26-13-8-7-12-11-29(3)20(31)28-16(12)9-13/h4-9,17H,10-11H2,1-3H3,(H,28,31)(H2,26,27,30)/t17-/m1/s1. The molecule has 0 radical (unpaired) electrons. The van der Waals surface area contributed by atoms with Crippen LogP contribution in [0.25, 0.3) is 0 Å². The number of carbonyl (C=O) groups is 2. The van der Waals surface area contributed by atoms with Gasteiger partial charge in [0.1, 0.15) is 11.4 Å². The molecule has 7 nitrogen and oxygen atoms in total. The van der Waals surface area contributed by atoms with Crippen LogP contribution in [0.15, 0.2) is 36.4 Å². The van der Waals surface area contributed by atoms with Gasteiger partial charge in [-0.2, -0.15) is 13.2 Å². The van der Waals surface area contributed by atoms with Crippen molar-refractivity contribution in [2.24, 2.45) is 0 Å². The molecule has 0 saturated heterocycles. The topological polar surface area (TPSA) is 82.7 Å². The van der Waals surface area contributed by atoms with E-state index >= 15 is 0 Å². The van der Waals surface area contributed by atoms with Crippen LogP contribution >= 0.6 is 0 Å². The molecule has 1 atom stereocenters. The number of nitrogens with one attached hydrogen (secondary N) is 3. The van der Waals surface area contributed by atoms with Gasteiger partial charge in [-0.05, 0) is 37.6 Å². The molecule has 0 aliphatic carbocycles. The minimum absolute atomic E-state index is 0.249. The van der Waals surface area contributed by atoms with Gasteiger partial charge in [-0.15, -0.1) is 0 Å². The Hall–Kier alpha value is -3.43. The second-order valence-electron chi connectivity index (χ2n) is 8.60. The van der Waals surface area contributed by atoms with Crippen LogP contribution in [-0.4, -0.2) is 29.6 Å². The fourth-order valence-corrected chi connectivity index (χ4v) is 3.99. The Labute approximate surface area is 182 Å². The molecule has 170 valence electrons. The summed E-state index contributed by atoms with van der Waals surface area (Å²) >= 11 is 0. The van der Waals surface area contributed by atoms with Crippen LogP contribution in [0.2, 0.25) is 0 Å². The Kier molecular flexibility index (Phi) is 5.18. The van der Waals surface area contributed by atoms with E-state index in [0.717, 1.165) is 11.6 Å². The molecule has 0 aromatic heterocycles. The van der Waals surface area contributed by atoms with Gasteiger partial charge in [0.05, 0.1) is 11.6 Å². The number of halogens is 3. The van der Waals surface area contributed by atoms with Crippen molar-refractivity contribution in [3.8, 4) is 5.75 Å². The van der Waals surface area contributed by atoms with Crippen molar-refractivity contribution in [3.05, 3.63) is 53.1 Å². The minimum Gasteiger partial charge on any atom is -0.487 e. The zero-order chi connectivity index (χ0) is 23.3. The second kappa shape index (κ2) is 7.61. The number of anilines is 2. The highest BCUT2D eigenvalue weighted by molar-refractivity contribution is 5.95. The highest BCUT2D eigenvalue weighted by Crippen LogP contribution is 2.46. The summed E-state index contributed by atoms with van der Waals surface area (Å²) in [7, 11) is 1.68. The zero-order valence-electron chi connectivity index (χ0n) is 17.8. The van der Waals surface area contributed by atoms with Crippen LogP contribution in [0.1, 0.15) is 43.0 Å². The van der Waals surface area contributed by atoms with E-state index in [1.807, 2.05) is 0 Å². The first kappa shape index (κ1) is 21.8. The predicted molar refractivity (Wildman–Crippen MR) is 113 cm³/mol. The summed E-state index contributed by atoms with van der Waals surface area (Å²) < 4.78 is 46.1. The van der Waals surface area contributed by atoms with Gasteiger partial charge in [0.15, 0.2) is 0 Å². The molecular formula is C22H23F3N4O3. The number of urea groups is 2. The fourth-order valence-electron chi connectivity index (χ4n) is 3.99. The number of hydrogen-bond acceptors (Lipinski definition) is 3. The van der Waals surface area contributed by atoms with Crippen molar-refractivity contribution in [1.82, 2.24) is 10.2 Å². The summed E-state index contributed by atoms with van der Waals surface area (Å²) in [5.74, 6) is -0.262. The van der Waals surface area contributed by atoms with Crippen molar-refractivity contribution >= 4 is 23.4 Å². The SMILES string of the molecule is CN1Cc2ccc(NC(=O)N[C@@H]3CC(C)(C)Oc4c3cccc4C(F)(F)F)cc2NC1=O. The van der Waals surface area contributed by atoms with Gasteiger partial charge >= 0.3 is 18.2 Å². The minimum atomic E-state index is -4.58. The maximum atomic E-state index is 13.5. The van der Waals surface area contributed by atoms with E-state index in [2.05, 4.69) is 16.0 Å². The van der Waals surface area contributed by atoms with Gasteiger partial charge in [-0.25, -0.2) is 9.59 Å². The molecular weight excluding hydrogens is 425 g/mol. The first-order chi connectivity index (χ1) is 14.9. The first-order valence-electron chi connectivity index (χ1n) is 10.0. The summed E-state index contributed by atoms with van der Waals surface area (Å²) in [5.41, 5.74) is 0.437. The molecule has 32 heavy (non-hydrogen) atoms. The second-order valence-corrected chi connectivity index (χ2v) is 8.60. The van der Waals surface area contributed by atoms with E-state index in [1.165, 1.54) is 17.0 Å². The smallest absolute Gasteiger partial charge is 0.419 e. The van der Waals surface area contributed by atoms with Gasteiger partial charge in [0.2, 0.25) is 0 Å². The highest BCUT2D eigenvalue weighted by atomic mass is 19.4. The normalized spacial score (nSPS) is 19.2. The number of carbonyl (C=O) groups excluding carboxylic acids is 2. The largest absolute Gasteiger partial charge is 0.487 e. The molecule has 4 rings (SSSR count). The van der Waals surface area contributed by atoms with Gasteiger partial charge in [-0.1, -0.05) is 18.2 Å². The Morgan fingerprint density at radius 1 is 1.25 bits per heavy atom. The molecule has 0 unspecified atom stereocenters. The lowest BCUT2D eigenvalue weighted by Crippen LogP contribution is -2.43. The fraction of sp³-hybridized carbons (Fsp3) is 0.364. The molecule has 10 heteroatoms. The number of alkyl halides is 3. The monoisotopic (exact) mass is 448 g/mol. The Morgan fingerprint density at radius 2 is 2.00 bits per heavy atom. The number of rotatable bonds is 2. The summed E-state index contributed by atoms with van der Waals surface area (Å²) in [6.45, 7) is 3.81. The molecule has 0 saturated carbocycles. The summed E-state index contributed by atoms with van der Waals surface area (Å²) in [6.07, 6.45) is -4.28. The van der Waals surface area contributed by atoms with Crippen LogP contribution in [0.5, 0.6) is 5.75 Å². The lowest BCUT2D eigenvalue weighted by atomic mass is 9.88. The van der Waals surface area contributed by atoms with Crippen molar-refractivity contribution < 1.29 is 27.5 Å². The lowest BCUT2D eigenvalue weighted by molar-refractivity contribution is -0.140. The molecule has 0 fully saturated rings. The molecule has 3 N–H and O–H groups in total. The van der Waals surface area contributed by atoms with Gasteiger partial charge in [-0.3, -0.25) is 0 Å². The maximum absolute atomic E-state index is 13.5. The number of amides is 4. The maximum Gasteiger partial charge on any atom is 0.419 e. The van der Waals surface area contributed by atoms with Crippen molar-refractivity contribution in [2.75, 3.05) is 17.7 Å². The average molecular weight is 448 g/mol. The number of nitrogens with zero attached hydrogens (tertiary/aromatic N) is 1. The number of benzene rings is 2. The summed E-state index contributed by atoms with van der Waals surface area (Å²) in [6, 6.07) is 7.43. The summed E-state index contributed by atoms with van der Waals surface area (Å²) in [5, 5.41) is 8.19. The first-order valence-corrected chi connectivity index (χ1v) is 10.0. The van der Waals surface area contributed by atoms with Crippen molar-refractivity contribution in [3.63, 3.8) is 0 Å². The summed E-state index contributed by atoms with van der Waals surface area (Å²) in [4.78, 5) is 26.1. The average Bonchev–Trinajstić information content (AvgIpc) is 2.67. The lowest BCUT2D eigenvalue weighted by Gasteiger charge is -2.39. The predicted octanol–water partition coefficient (Wildman–Crippen LogP) is 5.11. The molecule has 2 aromatic rings. The van der Waals surface area contributed by atoms with Crippen LogP contribution in [0.3, 0.4) is 0 Å². The molecule has 0 spiro atoms. The number of para-hydroxylation sites is 1. The quantitative estimate of drug-likeness (QED) is 0.597. The number of fused-ring (bicyclic) bond motifs is 2. The van der Waals surface area contributed by atoms with E-state index in [1.54, 1.807) is 39.1 Å². The molecule has 4 amide bonds. The van der Waals surface area contributed by atoms with Crippen LogP contribution in [0.4, 0.5) is 34.1 Å². The van der Waals surface area contributed by atoms with Gasteiger partial charge in [0, 0.05) is 37.0 Å². The Bertz CT molecular complexity index is 1080. The number of ether oxygens (including phenoxy) is 1. The van der Waals surface area contributed by atoms with E-state index in [9.17, 15) is 22.8 Å². The van der Waals surface area contributed by atoms with E-state index in [0.29, 0.717) is 24.3 Å². The third-order valence-corrected chi connectivity index (χ3v) is 5.47. The third-order valence-electron chi connectivity index (χ3n) is 5.47. The molecule has 2 aliphatic heterocycles. The van der Waals surface area contributed by atoms with Gasteiger partial charge in [0.25, 0.3) is 0 Å². The van der Waals surface area contributed by atoms with E-state index in [4.69, 9.17) is 4.74 Å². The van der Waals surface area contributed by atoms with E-state index in [-0.39, 0.29) is 17.3 Å². The van der Waals surface area contributed by atoms with Crippen molar-refractivity contribution in [1.29, 1.82) is 0 Å². The molecule has 0 bridgehead atoms. The molecule has 2 heterocycles. The molecule has 2 aliphatic rings. The van der Waals surface area contributed by atoms with Crippen LogP contribution in [-0.2, 0) is 12.7 Å². The third kappa shape index (κ3) is 4.30. The Morgan fingerprint density at radius 3 is 2.72 bits per heavy atom. The highest BCUT2D eigenvalue weighted by Gasteiger charge is 2.42. The van der Waals surface area contributed by atoms with Crippen LogP contribution in [0, 0.1) is 0 Å².